The number of benzene rings is 3. The molecule has 1 aliphatic rings. The molecular formula is C24H26. The fourth-order valence-electron chi connectivity index (χ4n) is 4.35. The van der Waals surface area contributed by atoms with Gasteiger partial charge in [-0.3, -0.25) is 0 Å². The summed E-state index contributed by atoms with van der Waals surface area (Å²) in [6.45, 7) is 9.04. The third-order valence-electron chi connectivity index (χ3n) is 5.88. The van der Waals surface area contributed by atoms with Crippen LogP contribution in [0.4, 0.5) is 0 Å². The Labute approximate surface area is 144 Å². The van der Waals surface area contributed by atoms with Gasteiger partial charge in [0.15, 0.2) is 0 Å². The molecule has 4 rings (SSSR count). The number of aryl methyl sites for hydroxylation is 1. The fraction of sp³-hybridized carbons (Fsp3) is 0.333. The van der Waals surface area contributed by atoms with Gasteiger partial charge < -0.3 is 0 Å². The van der Waals surface area contributed by atoms with Crippen LogP contribution in [0.25, 0.3) is 33.2 Å². The Kier molecular flexibility index (Phi) is 3.92. The van der Waals surface area contributed by atoms with Crippen LogP contribution in [0.2, 0.25) is 0 Å². The lowest BCUT2D eigenvalue weighted by Gasteiger charge is -2.19. The van der Waals surface area contributed by atoms with Gasteiger partial charge in [-0.1, -0.05) is 75.7 Å². The van der Waals surface area contributed by atoms with Crippen molar-refractivity contribution in [2.24, 2.45) is 5.92 Å². The van der Waals surface area contributed by atoms with Crippen LogP contribution in [0.3, 0.4) is 0 Å². The Balaban J connectivity index is 1.94. The Morgan fingerprint density at radius 2 is 1.79 bits per heavy atom. The molecule has 0 atom stereocenters. The van der Waals surface area contributed by atoms with Crippen LogP contribution in [0.1, 0.15) is 50.7 Å². The average Bonchev–Trinajstić information content (AvgIpc) is 2.63. The molecule has 0 saturated heterocycles. The lowest BCUT2D eigenvalue weighted by molar-refractivity contribution is 0.506. The summed E-state index contributed by atoms with van der Waals surface area (Å²) in [5.74, 6) is 0.744. The zero-order chi connectivity index (χ0) is 16.7. The SMILES string of the molecule is C=C(CC(CC)CC)c1ccc2ccc3c4c(ccc1c24)=CCC3. The minimum atomic E-state index is 0.744. The van der Waals surface area contributed by atoms with E-state index in [4.69, 9.17) is 0 Å². The van der Waals surface area contributed by atoms with Crippen LogP contribution < -0.4 is 5.22 Å². The number of hydrogen-bond acceptors (Lipinski definition) is 0. The van der Waals surface area contributed by atoms with Crippen molar-refractivity contribution in [3.8, 4) is 0 Å². The Bertz CT molecular complexity index is 970. The van der Waals surface area contributed by atoms with Gasteiger partial charge in [0.2, 0.25) is 0 Å². The maximum atomic E-state index is 4.46. The highest BCUT2D eigenvalue weighted by Gasteiger charge is 2.15. The molecule has 0 unspecified atom stereocenters. The van der Waals surface area contributed by atoms with E-state index in [2.05, 4.69) is 62.9 Å². The largest absolute Gasteiger partial charge is 0.0952 e. The number of rotatable bonds is 5. The van der Waals surface area contributed by atoms with Crippen molar-refractivity contribution in [3.63, 3.8) is 0 Å². The van der Waals surface area contributed by atoms with Crippen molar-refractivity contribution in [1.82, 2.24) is 0 Å². The first-order valence-corrected chi connectivity index (χ1v) is 9.38. The lowest BCUT2D eigenvalue weighted by Crippen LogP contribution is -2.10. The van der Waals surface area contributed by atoms with Crippen LogP contribution in [0, 0.1) is 5.92 Å². The van der Waals surface area contributed by atoms with Crippen molar-refractivity contribution in [1.29, 1.82) is 0 Å². The van der Waals surface area contributed by atoms with Gasteiger partial charge in [0.25, 0.3) is 0 Å². The van der Waals surface area contributed by atoms with E-state index in [1.165, 1.54) is 62.7 Å². The molecule has 0 nitrogen and oxygen atoms in total. The Morgan fingerprint density at radius 3 is 2.58 bits per heavy atom. The highest BCUT2D eigenvalue weighted by Crippen LogP contribution is 2.35. The van der Waals surface area contributed by atoms with E-state index < -0.39 is 0 Å². The standard InChI is InChI=1S/C24H26/c1-4-17(5-2)15-16(3)21-13-11-20-10-9-18-7-6-8-19-12-14-22(21)24(20)23(18)19/h8-14,17H,3-7,15H2,1-2H3. The summed E-state index contributed by atoms with van der Waals surface area (Å²) in [6.07, 6.45) is 8.30. The van der Waals surface area contributed by atoms with E-state index in [1.54, 1.807) is 0 Å². The third-order valence-corrected chi connectivity index (χ3v) is 5.88. The maximum Gasteiger partial charge on any atom is -0.00241 e. The molecule has 0 fully saturated rings. The summed E-state index contributed by atoms with van der Waals surface area (Å²) in [5, 5.41) is 7.09. The minimum Gasteiger partial charge on any atom is -0.0952 e. The molecule has 0 heteroatoms. The Morgan fingerprint density at radius 1 is 1.00 bits per heavy atom. The lowest BCUT2D eigenvalue weighted by atomic mass is 9.85. The van der Waals surface area contributed by atoms with Crippen molar-refractivity contribution < 1.29 is 0 Å². The minimum absolute atomic E-state index is 0.744. The summed E-state index contributed by atoms with van der Waals surface area (Å²) in [6, 6.07) is 13.8. The summed E-state index contributed by atoms with van der Waals surface area (Å²) in [7, 11) is 0. The van der Waals surface area contributed by atoms with Crippen molar-refractivity contribution in [3.05, 3.63) is 59.3 Å². The van der Waals surface area contributed by atoms with Crippen LogP contribution >= 0.6 is 0 Å². The monoisotopic (exact) mass is 314 g/mol. The molecule has 0 aromatic heterocycles. The predicted molar refractivity (Wildman–Crippen MR) is 107 cm³/mol. The quantitative estimate of drug-likeness (QED) is 0.520. The van der Waals surface area contributed by atoms with E-state index in [0.29, 0.717) is 0 Å². The fourth-order valence-corrected chi connectivity index (χ4v) is 4.35. The van der Waals surface area contributed by atoms with Gasteiger partial charge in [0, 0.05) is 0 Å². The van der Waals surface area contributed by atoms with Crippen LogP contribution in [0.5, 0.6) is 0 Å². The molecule has 122 valence electrons. The first kappa shape index (κ1) is 15.4. The second-order valence-corrected chi connectivity index (χ2v) is 7.25. The molecule has 0 radical (unpaired) electrons. The zero-order valence-corrected chi connectivity index (χ0v) is 14.9. The summed E-state index contributed by atoms with van der Waals surface area (Å²) < 4.78 is 0. The molecule has 0 spiro atoms. The van der Waals surface area contributed by atoms with Gasteiger partial charge in [-0.05, 0) is 68.6 Å². The smallest absolute Gasteiger partial charge is 0.00241 e. The molecule has 0 bridgehead atoms. The molecule has 0 amide bonds. The van der Waals surface area contributed by atoms with Crippen LogP contribution in [-0.4, -0.2) is 0 Å². The van der Waals surface area contributed by atoms with E-state index >= 15 is 0 Å². The van der Waals surface area contributed by atoms with Gasteiger partial charge >= 0.3 is 0 Å². The molecule has 0 aliphatic heterocycles. The van der Waals surface area contributed by atoms with Crippen molar-refractivity contribution in [2.45, 2.75) is 46.0 Å². The van der Waals surface area contributed by atoms with E-state index in [0.717, 1.165) is 18.8 Å². The van der Waals surface area contributed by atoms with Crippen LogP contribution in [-0.2, 0) is 6.42 Å². The molecule has 3 aromatic carbocycles. The molecule has 0 heterocycles. The maximum absolute atomic E-state index is 4.46. The van der Waals surface area contributed by atoms with E-state index in [-0.39, 0.29) is 0 Å². The molecular weight excluding hydrogens is 288 g/mol. The molecule has 3 aromatic rings. The van der Waals surface area contributed by atoms with Crippen LogP contribution in [0.15, 0.2) is 43.0 Å². The topological polar surface area (TPSA) is 0 Å². The van der Waals surface area contributed by atoms with Crippen molar-refractivity contribution in [2.75, 3.05) is 0 Å². The molecule has 1 aliphatic carbocycles. The first-order valence-electron chi connectivity index (χ1n) is 9.38. The van der Waals surface area contributed by atoms with Gasteiger partial charge in [-0.15, -0.1) is 0 Å². The summed E-state index contributed by atoms with van der Waals surface area (Å²) >= 11 is 0. The van der Waals surface area contributed by atoms with E-state index in [1.807, 2.05) is 0 Å². The average molecular weight is 314 g/mol. The second-order valence-electron chi connectivity index (χ2n) is 7.25. The molecule has 0 N–H and O–H groups in total. The normalized spacial score (nSPS) is 13.6. The van der Waals surface area contributed by atoms with Gasteiger partial charge in [0.05, 0.1) is 0 Å². The molecule has 0 saturated carbocycles. The van der Waals surface area contributed by atoms with Crippen molar-refractivity contribution >= 4 is 33.2 Å². The second kappa shape index (κ2) is 6.09. The number of hydrogen-bond donors (Lipinski definition) is 0. The highest BCUT2D eigenvalue weighted by molar-refractivity contribution is 6.14. The zero-order valence-electron chi connectivity index (χ0n) is 14.9. The van der Waals surface area contributed by atoms with Gasteiger partial charge in [0.1, 0.15) is 0 Å². The predicted octanol–water partition coefficient (Wildman–Crippen LogP) is 6.28. The summed E-state index contributed by atoms with van der Waals surface area (Å²) in [4.78, 5) is 0. The summed E-state index contributed by atoms with van der Waals surface area (Å²) in [5.41, 5.74) is 4.16. The highest BCUT2D eigenvalue weighted by atomic mass is 14.2. The first-order chi connectivity index (χ1) is 11.7. The third kappa shape index (κ3) is 2.36. The molecule has 24 heavy (non-hydrogen) atoms. The van der Waals surface area contributed by atoms with Gasteiger partial charge in [-0.25, -0.2) is 0 Å². The Hall–Kier alpha value is -2.08. The van der Waals surface area contributed by atoms with Gasteiger partial charge in [-0.2, -0.15) is 0 Å². The number of allylic oxidation sites excluding steroid dienone is 1. The van der Waals surface area contributed by atoms with E-state index in [9.17, 15) is 0 Å².